The van der Waals surface area contributed by atoms with E-state index in [-0.39, 0.29) is 37.8 Å². The lowest BCUT2D eigenvalue weighted by Gasteiger charge is -2.53. The van der Waals surface area contributed by atoms with Gasteiger partial charge in [-0.3, -0.25) is 14.4 Å². The Labute approximate surface area is 340 Å². The summed E-state index contributed by atoms with van der Waals surface area (Å²) in [5.74, 6) is -4.10. The number of aliphatic hydroxyl groups is 3. The van der Waals surface area contributed by atoms with Crippen LogP contribution >= 0.6 is 0 Å². The van der Waals surface area contributed by atoms with Gasteiger partial charge in [0.15, 0.2) is 11.4 Å². The second-order valence-corrected chi connectivity index (χ2v) is 18.9. The first kappa shape index (κ1) is 46.7. The molecular formula is C48H80O8. The molecule has 8 nitrogen and oxygen atoms in total. The number of carbonyl (C=O) groups excluding carboxylic acids is 3. The van der Waals surface area contributed by atoms with Crippen LogP contribution in [0.5, 0.6) is 0 Å². The first-order valence-corrected chi connectivity index (χ1v) is 23.2. The van der Waals surface area contributed by atoms with Crippen molar-refractivity contribution < 1.29 is 39.2 Å². The molecule has 8 heteroatoms. The van der Waals surface area contributed by atoms with E-state index in [9.17, 15) is 29.7 Å². The molecule has 0 saturated heterocycles. The lowest BCUT2D eigenvalue weighted by Crippen LogP contribution is -2.66. The van der Waals surface area contributed by atoms with E-state index < -0.39 is 57.8 Å². The summed E-state index contributed by atoms with van der Waals surface area (Å²) in [6.07, 6.45) is 28.7. The van der Waals surface area contributed by atoms with E-state index in [1.807, 2.05) is 19.9 Å². The van der Waals surface area contributed by atoms with Crippen molar-refractivity contribution in [3.63, 3.8) is 0 Å². The van der Waals surface area contributed by atoms with Gasteiger partial charge in [-0.1, -0.05) is 175 Å². The summed E-state index contributed by atoms with van der Waals surface area (Å²) in [6, 6.07) is 0. The van der Waals surface area contributed by atoms with E-state index in [2.05, 4.69) is 13.8 Å². The molecule has 0 amide bonds. The van der Waals surface area contributed by atoms with Gasteiger partial charge < -0.3 is 24.8 Å². The molecule has 0 spiro atoms. The minimum absolute atomic E-state index is 0.103. The average Bonchev–Trinajstić information content (AvgIpc) is 3.59. The number of aliphatic hydroxyl groups excluding tert-OH is 1. The molecule has 3 N–H and O–H groups in total. The maximum absolute atomic E-state index is 13.8. The summed E-state index contributed by atoms with van der Waals surface area (Å²) in [5, 5.41) is 35.6. The van der Waals surface area contributed by atoms with E-state index in [0.717, 1.165) is 38.5 Å². The molecule has 2 fully saturated rings. The molecule has 8 atom stereocenters. The number of unbranched alkanes of at least 4 members (excludes halogenated alkanes) is 20. The Hall–Kier alpha value is -2.03. The zero-order valence-corrected chi connectivity index (χ0v) is 36.3. The van der Waals surface area contributed by atoms with Gasteiger partial charge in [-0.25, -0.2) is 0 Å². The summed E-state index contributed by atoms with van der Waals surface area (Å²) in [7, 11) is 0. The molecule has 4 aliphatic rings. The molecule has 0 aromatic carbocycles. The van der Waals surface area contributed by atoms with Crippen LogP contribution in [-0.2, 0) is 23.9 Å². The van der Waals surface area contributed by atoms with Crippen molar-refractivity contribution in [2.45, 2.75) is 225 Å². The number of carbonyl (C=O) groups is 3. The number of hydrogen-bond acceptors (Lipinski definition) is 8. The van der Waals surface area contributed by atoms with Crippen LogP contribution in [0.25, 0.3) is 0 Å². The maximum atomic E-state index is 13.8. The molecule has 2 saturated carbocycles. The summed E-state index contributed by atoms with van der Waals surface area (Å²) >= 11 is 0. The van der Waals surface area contributed by atoms with Gasteiger partial charge in [0, 0.05) is 48.3 Å². The zero-order chi connectivity index (χ0) is 41.0. The number of ether oxygens (including phenoxy) is 2. The van der Waals surface area contributed by atoms with Crippen LogP contribution in [0.3, 0.4) is 0 Å². The molecule has 0 radical (unpaired) electrons. The van der Waals surface area contributed by atoms with Crippen molar-refractivity contribution in [2.75, 3.05) is 6.61 Å². The normalized spacial score (nSPS) is 31.4. The van der Waals surface area contributed by atoms with E-state index in [1.165, 1.54) is 96.3 Å². The minimum atomic E-state index is -1.94. The van der Waals surface area contributed by atoms with Gasteiger partial charge in [-0.15, -0.1) is 0 Å². The molecule has 0 aliphatic heterocycles. The van der Waals surface area contributed by atoms with Crippen molar-refractivity contribution in [1.82, 2.24) is 0 Å². The number of Topliss-reactive ketones (excluding diaryl/α,β-unsaturated/α-hetero) is 1. The summed E-state index contributed by atoms with van der Waals surface area (Å²) < 4.78 is 13.0. The molecule has 56 heavy (non-hydrogen) atoms. The average molecular weight is 785 g/mol. The third-order valence-corrected chi connectivity index (χ3v) is 14.5. The molecule has 320 valence electrons. The van der Waals surface area contributed by atoms with Crippen molar-refractivity contribution in [1.29, 1.82) is 0 Å². The molecule has 4 rings (SSSR count). The number of rotatable bonds is 27. The predicted molar refractivity (Wildman–Crippen MR) is 223 cm³/mol. The molecule has 4 aliphatic carbocycles. The van der Waals surface area contributed by atoms with Gasteiger partial charge >= 0.3 is 11.9 Å². The fraction of sp³-hybridized carbons (Fsp3) is 0.854. The Balaban J connectivity index is 1.45. The number of ketones is 1. The Morgan fingerprint density at radius 1 is 0.714 bits per heavy atom. The van der Waals surface area contributed by atoms with Gasteiger partial charge in [-0.05, 0) is 30.9 Å². The molecule has 0 bridgehead atoms. The Morgan fingerprint density at radius 3 is 1.62 bits per heavy atom. The van der Waals surface area contributed by atoms with Crippen LogP contribution in [-0.4, -0.2) is 62.6 Å². The lowest BCUT2D eigenvalue weighted by atomic mass is 9.59. The van der Waals surface area contributed by atoms with Gasteiger partial charge in [0.1, 0.15) is 11.7 Å². The summed E-state index contributed by atoms with van der Waals surface area (Å²) in [5.41, 5.74) is -4.72. The topological polar surface area (TPSA) is 130 Å². The highest BCUT2D eigenvalue weighted by Gasteiger charge is 2.88. The van der Waals surface area contributed by atoms with Crippen molar-refractivity contribution >= 4 is 17.7 Å². The Kier molecular flexibility index (Phi) is 17.7. The van der Waals surface area contributed by atoms with E-state index in [0.29, 0.717) is 17.6 Å². The number of hydrogen-bond donors (Lipinski definition) is 3. The van der Waals surface area contributed by atoms with Gasteiger partial charge in [0.05, 0.1) is 12.2 Å². The highest BCUT2D eigenvalue weighted by Crippen LogP contribution is 2.77. The first-order chi connectivity index (χ1) is 26.8. The van der Waals surface area contributed by atoms with Crippen LogP contribution in [0.4, 0.5) is 0 Å². The number of fused-ring (bicyclic) bond motifs is 5. The zero-order valence-electron chi connectivity index (χ0n) is 36.3. The quantitative estimate of drug-likeness (QED) is 0.0426. The van der Waals surface area contributed by atoms with Crippen LogP contribution in [0.15, 0.2) is 23.3 Å². The second-order valence-electron chi connectivity index (χ2n) is 18.9. The molecular weight excluding hydrogens is 705 g/mol. The fourth-order valence-electron chi connectivity index (χ4n) is 11.1. The number of esters is 2. The second kappa shape index (κ2) is 21.3. The van der Waals surface area contributed by atoms with Gasteiger partial charge in [0.25, 0.3) is 0 Å². The Morgan fingerprint density at radius 2 is 1.16 bits per heavy atom. The SMILES string of the molecule is CCCCCCCCCCCCCC(=O)O[C@@H]1[C@@H](C)[C@@]2(O)[C@@H](C=C(CO)C[C@]3(O)C(=O)C(C)=C[C@@H]23)[C@@H]2C(C)(C)[C@]12OC(=O)CCCCCCCCCCCCC. The Bertz CT molecular complexity index is 1350. The summed E-state index contributed by atoms with van der Waals surface area (Å²) in [4.78, 5) is 41.0. The van der Waals surface area contributed by atoms with Crippen molar-refractivity contribution in [3.8, 4) is 0 Å². The van der Waals surface area contributed by atoms with Crippen LogP contribution in [0.1, 0.15) is 202 Å². The van der Waals surface area contributed by atoms with Crippen LogP contribution in [0.2, 0.25) is 0 Å². The first-order valence-electron chi connectivity index (χ1n) is 23.2. The van der Waals surface area contributed by atoms with Crippen LogP contribution < -0.4 is 0 Å². The lowest BCUT2D eigenvalue weighted by molar-refractivity contribution is -0.229. The highest BCUT2D eigenvalue weighted by atomic mass is 16.6. The monoisotopic (exact) mass is 785 g/mol. The molecule has 0 unspecified atom stereocenters. The smallest absolute Gasteiger partial charge is 0.306 e. The fourth-order valence-corrected chi connectivity index (χ4v) is 11.1. The standard InChI is InChI=1S/C48H80O8/c1-7-9-11-13-15-17-19-21-23-25-27-29-40(50)55-44-36(4)47(54)38(32-37(34-49)33-46(53)39(47)31-35(3)43(46)52)42-45(5,6)48(42,44)56-41(51)30-28-26-24-22-20-18-16-14-12-10-8-2/h31-32,36,38-39,42,44,49,53-54H,7-30,33-34H2,1-6H3/t36-,38+,39-,42-,44-,46-,47-,48-/m1/s1. The maximum Gasteiger partial charge on any atom is 0.306 e. The molecule has 0 aromatic heterocycles. The van der Waals surface area contributed by atoms with Crippen molar-refractivity contribution in [3.05, 3.63) is 23.3 Å². The largest absolute Gasteiger partial charge is 0.458 e. The van der Waals surface area contributed by atoms with Gasteiger partial charge in [-0.2, -0.15) is 0 Å². The molecule has 0 heterocycles. The minimum Gasteiger partial charge on any atom is -0.458 e. The highest BCUT2D eigenvalue weighted by molar-refractivity contribution is 6.04. The van der Waals surface area contributed by atoms with Crippen molar-refractivity contribution in [2.24, 2.45) is 29.1 Å². The van der Waals surface area contributed by atoms with E-state index >= 15 is 0 Å². The molecule has 0 aromatic rings. The third kappa shape index (κ3) is 10.2. The van der Waals surface area contributed by atoms with Crippen LogP contribution in [0, 0.1) is 29.1 Å². The summed E-state index contributed by atoms with van der Waals surface area (Å²) in [6.45, 7) is 11.6. The van der Waals surface area contributed by atoms with E-state index in [4.69, 9.17) is 9.47 Å². The van der Waals surface area contributed by atoms with E-state index in [1.54, 1.807) is 19.9 Å². The predicted octanol–water partition coefficient (Wildman–Crippen LogP) is 10.4. The van der Waals surface area contributed by atoms with Gasteiger partial charge in [0.2, 0.25) is 0 Å². The third-order valence-electron chi connectivity index (χ3n) is 14.5.